The Balaban J connectivity index is 1.39. The maximum atomic E-state index is 15.1. The van der Waals surface area contributed by atoms with E-state index in [2.05, 4.69) is 26.8 Å². The van der Waals surface area contributed by atoms with Gasteiger partial charge >= 0.3 is 0 Å². The minimum atomic E-state index is -0.341. The molecule has 166 valence electrons. The number of imidazole rings is 1. The predicted molar refractivity (Wildman–Crippen MR) is 121 cm³/mol. The van der Waals surface area contributed by atoms with Gasteiger partial charge < -0.3 is 18.8 Å². The Labute approximate surface area is 188 Å². The van der Waals surface area contributed by atoms with Crippen molar-refractivity contribution in [1.29, 1.82) is 0 Å². The first-order valence-corrected chi connectivity index (χ1v) is 11.8. The van der Waals surface area contributed by atoms with E-state index in [1.807, 2.05) is 9.95 Å². The van der Waals surface area contributed by atoms with Gasteiger partial charge in [0.25, 0.3) is 0 Å². The molecule has 0 radical (unpaired) electrons. The van der Waals surface area contributed by atoms with Crippen LogP contribution in [-0.4, -0.2) is 69.1 Å². The van der Waals surface area contributed by atoms with Gasteiger partial charge in [0, 0.05) is 55.3 Å². The van der Waals surface area contributed by atoms with Gasteiger partial charge in [-0.1, -0.05) is 0 Å². The molecule has 10 heteroatoms. The maximum absolute atomic E-state index is 15.1. The van der Waals surface area contributed by atoms with Gasteiger partial charge in [0.1, 0.15) is 17.6 Å². The van der Waals surface area contributed by atoms with Crippen LogP contribution >= 0.6 is 11.8 Å². The van der Waals surface area contributed by atoms with Crippen molar-refractivity contribution < 1.29 is 13.9 Å². The Kier molecular flexibility index (Phi) is 5.08. The summed E-state index contributed by atoms with van der Waals surface area (Å²) < 4.78 is 28.6. The number of thioether (sulfide) groups is 1. The Hall–Kier alpha value is -2.56. The molecular formula is C22H23FN6O2S. The van der Waals surface area contributed by atoms with Gasteiger partial charge in [-0.3, -0.25) is 4.99 Å². The van der Waals surface area contributed by atoms with Crippen molar-refractivity contribution in [3.05, 3.63) is 41.9 Å². The van der Waals surface area contributed by atoms with Crippen molar-refractivity contribution in [1.82, 2.24) is 19.4 Å². The standard InChI is InChI=1S/C22H23FN6O2S/c1-13-21(32-12-26-13)20-19-17(2-5-31-20)27-18-8-16(23)15(11-29(18)19)14-9-24-22(25-10-14)28-3-6-30-7-4-28/h8-13,20-21H,2-7H2,1H3. The highest BCUT2D eigenvalue weighted by Gasteiger charge is 2.38. The second-order valence-electron chi connectivity index (χ2n) is 8.22. The van der Waals surface area contributed by atoms with Crippen molar-refractivity contribution in [2.75, 3.05) is 37.8 Å². The lowest BCUT2D eigenvalue weighted by atomic mass is 10.0. The third-order valence-electron chi connectivity index (χ3n) is 6.26. The molecule has 1 fully saturated rings. The highest BCUT2D eigenvalue weighted by Crippen LogP contribution is 2.40. The smallest absolute Gasteiger partial charge is 0.225 e. The van der Waals surface area contributed by atoms with Gasteiger partial charge in [-0.2, -0.15) is 0 Å². The topological polar surface area (TPSA) is 77.1 Å². The van der Waals surface area contributed by atoms with Gasteiger partial charge in [-0.15, -0.1) is 11.8 Å². The first-order valence-electron chi connectivity index (χ1n) is 10.8. The number of anilines is 1. The molecule has 0 amide bonds. The summed E-state index contributed by atoms with van der Waals surface area (Å²) >= 11 is 1.69. The first kappa shape index (κ1) is 20.1. The van der Waals surface area contributed by atoms with Crippen molar-refractivity contribution >= 4 is 28.9 Å². The molecule has 6 rings (SSSR count). The monoisotopic (exact) mass is 454 g/mol. The van der Waals surface area contributed by atoms with E-state index >= 15 is 4.39 Å². The predicted octanol–water partition coefficient (Wildman–Crippen LogP) is 2.91. The zero-order valence-electron chi connectivity index (χ0n) is 17.6. The van der Waals surface area contributed by atoms with Gasteiger partial charge in [0.05, 0.1) is 48.0 Å². The van der Waals surface area contributed by atoms with Gasteiger partial charge in [-0.05, 0) is 6.92 Å². The average molecular weight is 455 g/mol. The summed E-state index contributed by atoms with van der Waals surface area (Å²) in [5.41, 5.74) is 5.52. The van der Waals surface area contributed by atoms with Crippen LogP contribution < -0.4 is 4.90 Å². The third kappa shape index (κ3) is 3.37. The number of pyridine rings is 1. The van der Waals surface area contributed by atoms with Crippen LogP contribution in [0.1, 0.15) is 24.4 Å². The number of nitrogens with zero attached hydrogens (tertiary/aromatic N) is 6. The van der Waals surface area contributed by atoms with E-state index in [0.29, 0.717) is 49.0 Å². The molecule has 3 aromatic rings. The van der Waals surface area contributed by atoms with Crippen molar-refractivity contribution in [3.63, 3.8) is 0 Å². The fourth-order valence-corrected chi connectivity index (χ4v) is 5.60. The second kappa shape index (κ2) is 8.09. The molecule has 0 saturated carbocycles. The first-order chi connectivity index (χ1) is 15.7. The Morgan fingerprint density at radius 1 is 1.16 bits per heavy atom. The summed E-state index contributed by atoms with van der Waals surface area (Å²) in [6.07, 6.45) is 5.74. The second-order valence-corrected chi connectivity index (χ2v) is 9.24. The molecule has 0 aliphatic carbocycles. The lowest BCUT2D eigenvalue weighted by molar-refractivity contribution is 0.0341. The SMILES string of the molecule is CC1N=CSC1C1OCCc2nc3cc(F)c(-c4cnc(N5CCOCC5)nc4)cn3c21. The highest BCUT2D eigenvalue weighted by atomic mass is 32.2. The van der Waals surface area contributed by atoms with Crippen molar-refractivity contribution in [2.24, 2.45) is 4.99 Å². The average Bonchev–Trinajstić information content (AvgIpc) is 3.42. The number of fused-ring (bicyclic) bond motifs is 3. The molecule has 32 heavy (non-hydrogen) atoms. The highest BCUT2D eigenvalue weighted by molar-refractivity contribution is 8.13. The van der Waals surface area contributed by atoms with E-state index in [9.17, 15) is 0 Å². The molecule has 0 N–H and O–H groups in total. The fourth-order valence-electron chi connectivity index (χ4n) is 4.55. The lowest BCUT2D eigenvalue weighted by Crippen LogP contribution is -2.37. The van der Waals surface area contributed by atoms with E-state index in [-0.39, 0.29) is 23.2 Å². The Morgan fingerprint density at radius 3 is 2.72 bits per heavy atom. The summed E-state index contributed by atoms with van der Waals surface area (Å²) in [5.74, 6) is 0.297. The molecule has 0 aromatic carbocycles. The van der Waals surface area contributed by atoms with E-state index < -0.39 is 0 Å². The normalized spacial score (nSPS) is 25.4. The van der Waals surface area contributed by atoms with Gasteiger partial charge in [-0.25, -0.2) is 19.3 Å². The van der Waals surface area contributed by atoms with Crippen molar-refractivity contribution in [3.8, 4) is 11.1 Å². The van der Waals surface area contributed by atoms with E-state index in [1.165, 1.54) is 6.07 Å². The number of morpholine rings is 1. The molecule has 0 spiro atoms. The Bertz CT molecular complexity index is 1180. The lowest BCUT2D eigenvalue weighted by Gasteiger charge is -2.29. The minimum absolute atomic E-state index is 0.144. The van der Waals surface area contributed by atoms with Gasteiger partial charge in [0.2, 0.25) is 5.95 Å². The molecule has 3 aliphatic rings. The minimum Gasteiger partial charge on any atom is -0.378 e. The van der Waals surface area contributed by atoms with Gasteiger partial charge in [0.15, 0.2) is 0 Å². The molecule has 0 bridgehead atoms. The fraction of sp³-hybridized carbons (Fsp3) is 0.455. The molecule has 3 aromatic heterocycles. The maximum Gasteiger partial charge on any atom is 0.225 e. The Morgan fingerprint density at radius 2 is 1.97 bits per heavy atom. The summed E-state index contributed by atoms with van der Waals surface area (Å²) in [7, 11) is 0. The zero-order chi connectivity index (χ0) is 21.7. The number of rotatable bonds is 3. The number of aliphatic imine (C=N–C) groups is 1. The number of hydrogen-bond acceptors (Lipinski definition) is 8. The molecule has 3 aliphatic heterocycles. The summed E-state index contributed by atoms with van der Waals surface area (Å²) in [6.45, 7) is 5.54. The van der Waals surface area contributed by atoms with E-state index in [0.717, 1.165) is 24.5 Å². The zero-order valence-corrected chi connectivity index (χ0v) is 18.5. The molecule has 3 unspecified atom stereocenters. The number of halogens is 1. The molecule has 1 saturated heterocycles. The molecule has 6 heterocycles. The van der Waals surface area contributed by atoms with E-state index in [4.69, 9.17) is 14.5 Å². The van der Waals surface area contributed by atoms with Crippen LogP contribution in [0, 0.1) is 5.82 Å². The van der Waals surface area contributed by atoms with Crippen LogP contribution in [0.4, 0.5) is 10.3 Å². The van der Waals surface area contributed by atoms with Crippen molar-refractivity contribution in [2.45, 2.75) is 30.7 Å². The summed E-state index contributed by atoms with van der Waals surface area (Å²) in [6, 6.07) is 1.64. The molecule has 8 nitrogen and oxygen atoms in total. The van der Waals surface area contributed by atoms with E-state index in [1.54, 1.807) is 30.4 Å². The third-order valence-corrected chi connectivity index (χ3v) is 7.46. The number of aromatic nitrogens is 4. The number of ether oxygens (including phenoxy) is 2. The van der Waals surface area contributed by atoms with Crippen LogP contribution in [0.3, 0.4) is 0 Å². The summed E-state index contributed by atoms with van der Waals surface area (Å²) in [4.78, 5) is 20.3. The van der Waals surface area contributed by atoms with Crippen LogP contribution in [0.2, 0.25) is 0 Å². The van der Waals surface area contributed by atoms with Crippen LogP contribution in [-0.2, 0) is 15.9 Å². The van der Waals surface area contributed by atoms with Crippen LogP contribution in [0.5, 0.6) is 0 Å². The largest absolute Gasteiger partial charge is 0.378 e. The molecule has 3 atom stereocenters. The summed E-state index contributed by atoms with van der Waals surface area (Å²) in [5, 5.41) is 0.179. The quantitative estimate of drug-likeness (QED) is 0.602. The van der Waals surface area contributed by atoms with Crippen LogP contribution in [0.15, 0.2) is 29.6 Å². The van der Waals surface area contributed by atoms with Crippen LogP contribution in [0.25, 0.3) is 16.8 Å². The molecular weight excluding hydrogens is 431 g/mol. The number of hydrogen-bond donors (Lipinski definition) is 0.